The predicted molar refractivity (Wildman–Crippen MR) is 96.5 cm³/mol. The smallest absolute Gasteiger partial charge is 0.214 e. The van der Waals surface area contributed by atoms with Crippen molar-refractivity contribution in [2.45, 2.75) is 36.9 Å². The first-order valence-electron chi connectivity index (χ1n) is 7.76. The number of benzene rings is 1. The Hall–Kier alpha value is -0.880. The molecule has 3 rings (SSSR count). The van der Waals surface area contributed by atoms with E-state index in [4.69, 9.17) is 11.6 Å². The third-order valence-electron chi connectivity index (χ3n) is 4.54. The van der Waals surface area contributed by atoms with Crippen LogP contribution in [0.15, 0.2) is 41.8 Å². The third kappa shape index (κ3) is 3.97. The van der Waals surface area contributed by atoms with Gasteiger partial charge in [-0.1, -0.05) is 48.7 Å². The number of hydrogen-bond donors (Lipinski definition) is 1. The van der Waals surface area contributed by atoms with Gasteiger partial charge < -0.3 is 0 Å². The van der Waals surface area contributed by atoms with Crippen LogP contribution >= 0.6 is 22.9 Å². The van der Waals surface area contributed by atoms with Crippen molar-refractivity contribution in [3.63, 3.8) is 0 Å². The molecule has 1 aromatic heterocycles. The molecule has 2 aromatic rings. The largest absolute Gasteiger partial charge is 0.215 e. The second-order valence-corrected chi connectivity index (χ2v) is 9.30. The minimum atomic E-state index is -3.40. The molecule has 0 aliphatic heterocycles. The first-order chi connectivity index (χ1) is 11.0. The SMILES string of the molecule is O=S(=O)(Cc1ccccc1Cl)NCC1(c2cccs2)CCCC1. The van der Waals surface area contributed by atoms with Gasteiger partial charge in [0.1, 0.15) is 0 Å². The van der Waals surface area contributed by atoms with Gasteiger partial charge in [0.15, 0.2) is 0 Å². The van der Waals surface area contributed by atoms with Crippen molar-refractivity contribution >= 4 is 33.0 Å². The number of hydrogen-bond acceptors (Lipinski definition) is 3. The summed E-state index contributed by atoms with van der Waals surface area (Å²) in [4.78, 5) is 1.29. The Kier molecular flexibility index (Phi) is 5.11. The summed E-state index contributed by atoms with van der Waals surface area (Å²) in [6.07, 6.45) is 4.40. The van der Waals surface area contributed by atoms with E-state index < -0.39 is 10.0 Å². The van der Waals surface area contributed by atoms with Gasteiger partial charge in [-0.3, -0.25) is 0 Å². The fourth-order valence-electron chi connectivity index (χ4n) is 3.26. The molecule has 0 unspecified atom stereocenters. The van der Waals surface area contributed by atoms with E-state index in [1.54, 1.807) is 35.6 Å². The monoisotopic (exact) mass is 369 g/mol. The molecule has 1 aliphatic carbocycles. The Balaban J connectivity index is 1.72. The Morgan fingerprint density at radius 2 is 1.87 bits per heavy atom. The number of rotatable bonds is 6. The molecular formula is C17H20ClNO2S2. The molecule has 1 aliphatic rings. The van der Waals surface area contributed by atoms with Crippen LogP contribution in [-0.2, 0) is 21.2 Å². The van der Waals surface area contributed by atoms with E-state index in [9.17, 15) is 8.42 Å². The Morgan fingerprint density at radius 1 is 1.13 bits per heavy atom. The molecule has 0 spiro atoms. The zero-order chi connectivity index (χ0) is 16.3. The second-order valence-electron chi connectivity index (χ2n) is 6.14. The summed E-state index contributed by atoms with van der Waals surface area (Å²) in [5.74, 6) is -0.0762. The summed E-state index contributed by atoms with van der Waals surface area (Å²) < 4.78 is 27.7. The van der Waals surface area contributed by atoms with Gasteiger partial charge in [-0.25, -0.2) is 13.1 Å². The highest BCUT2D eigenvalue weighted by Crippen LogP contribution is 2.42. The zero-order valence-electron chi connectivity index (χ0n) is 12.8. The van der Waals surface area contributed by atoms with Crippen LogP contribution in [0.1, 0.15) is 36.1 Å². The van der Waals surface area contributed by atoms with Crippen LogP contribution < -0.4 is 4.72 Å². The molecular weight excluding hydrogens is 350 g/mol. The quantitative estimate of drug-likeness (QED) is 0.823. The first kappa shape index (κ1) is 17.0. The molecule has 1 heterocycles. The molecule has 0 saturated heterocycles. The lowest BCUT2D eigenvalue weighted by atomic mass is 9.85. The van der Waals surface area contributed by atoms with Crippen LogP contribution in [-0.4, -0.2) is 15.0 Å². The molecule has 1 N–H and O–H groups in total. The van der Waals surface area contributed by atoms with Gasteiger partial charge in [-0.15, -0.1) is 11.3 Å². The highest BCUT2D eigenvalue weighted by molar-refractivity contribution is 7.88. The van der Waals surface area contributed by atoms with Gasteiger partial charge in [-0.05, 0) is 35.9 Å². The van der Waals surface area contributed by atoms with Crippen molar-refractivity contribution < 1.29 is 8.42 Å². The van der Waals surface area contributed by atoms with Crippen molar-refractivity contribution in [3.05, 3.63) is 57.2 Å². The van der Waals surface area contributed by atoms with Gasteiger partial charge in [0.05, 0.1) is 5.75 Å². The van der Waals surface area contributed by atoms with E-state index in [-0.39, 0.29) is 11.2 Å². The van der Waals surface area contributed by atoms with Gasteiger partial charge >= 0.3 is 0 Å². The minimum Gasteiger partial charge on any atom is -0.214 e. The summed E-state index contributed by atoms with van der Waals surface area (Å²) in [5, 5.41) is 2.56. The summed E-state index contributed by atoms with van der Waals surface area (Å²) in [6, 6.07) is 11.2. The fourth-order valence-corrected chi connectivity index (χ4v) is 5.79. The van der Waals surface area contributed by atoms with Gasteiger partial charge in [0, 0.05) is 21.9 Å². The molecule has 1 aromatic carbocycles. The first-order valence-corrected chi connectivity index (χ1v) is 10.7. The average molecular weight is 370 g/mol. The number of sulfonamides is 1. The standard InChI is InChI=1S/C17H20ClNO2S2/c18-15-7-2-1-6-14(15)12-23(20,21)19-13-17(9-3-4-10-17)16-8-5-11-22-16/h1-2,5-8,11,19H,3-4,9-10,12-13H2. The van der Waals surface area contributed by atoms with Crippen molar-refractivity contribution in [2.75, 3.05) is 6.54 Å². The maximum atomic E-state index is 12.5. The van der Waals surface area contributed by atoms with Crippen molar-refractivity contribution in [1.82, 2.24) is 4.72 Å². The predicted octanol–water partition coefficient (Wildman–Crippen LogP) is 4.33. The lowest BCUT2D eigenvalue weighted by Crippen LogP contribution is -2.39. The maximum Gasteiger partial charge on any atom is 0.215 e. The number of thiophene rings is 1. The maximum absolute atomic E-state index is 12.5. The van der Waals surface area contributed by atoms with Gasteiger partial charge in [0.25, 0.3) is 0 Å². The van der Waals surface area contributed by atoms with Crippen molar-refractivity contribution in [2.24, 2.45) is 0 Å². The summed E-state index contributed by atoms with van der Waals surface area (Å²) in [6.45, 7) is 0.473. The van der Waals surface area contributed by atoms with Crippen LogP contribution in [0, 0.1) is 0 Å². The van der Waals surface area contributed by atoms with Gasteiger partial charge in [0.2, 0.25) is 10.0 Å². The van der Waals surface area contributed by atoms with Crippen LogP contribution in [0.25, 0.3) is 0 Å². The summed E-state index contributed by atoms with van der Waals surface area (Å²) in [7, 11) is -3.40. The minimum absolute atomic E-state index is 0.0400. The lowest BCUT2D eigenvalue weighted by molar-refractivity contribution is 0.440. The Morgan fingerprint density at radius 3 is 2.52 bits per heavy atom. The van der Waals surface area contributed by atoms with Crippen molar-refractivity contribution in [3.8, 4) is 0 Å². The topological polar surface area (TPSA) is 46.2 Å². The molecule has 0 amide bonds. The zero-order valence-corrected chi connectivity index (χ0v) is 15.2. The molecule has 1 saturated carbocycles. The van der Waals surface area contributed by atoms with E-state index in [2.05, 4.69) is 16.2 Å². The second kappa shape index (κ2) is 6.93. The number of nitrogens with one attached hydrogen (secondary N) is 1. The molecule has 0 bridgehead atoms. The fraction of sp³-hybridized carbons (Fsp3) is 0.412. The van der Waals surface area contributed by atoms with Crippen molar-refractivity contribution in [1.29, 1.82) is 0 Å². The normalized spacial score (nSPS) is 17.4. The summed E-state index contributed by atoms with van der Waals surface area (Å²) >= 11 is 7.80. The molecule has 1 fully saturated rings. The molecule has 0 radical (unpaired) electrons. The van der Waals surface area contributed by atoms with E-state index in [0.29, 0.717) is 17.1 Å². The van der Waals surface area contributed by atoms with E-state index in [0.717, 1.165) is 25.7 Å². The van der Waals surface area contributed by atoms with Crippen LogP contribution in [0.4, 0.5) is 0 Å². The summed E-state index contributed by atoms with van der Waals surface area (Å²) in [5.41, 5.74) is 0.597. The van der Waals surface area contributed by atoms with E-state index in [1.807, 2.05) is 6.07 Å². The van der Waals surface area contributed by atoms with Crippen LogP contribution in [0.2, 0.25) is 5.02 Å². The average Bonchev–Trinajstić information content (AvgIpc) is 3.19. The van der Waals surface area contributed by atoms with Gasteiger partial charge in [-0.2, -0.15) is 0 Å². The highest BCUT2D eigenvalue weighted by atomic mass is 35.5. The molecule has 124 valence electrons. The Labute approximate surface area is 146 Å². The third-order valence-corrected chi connectivity index (χ3v) is 7.30. The van der Waals surface area contributed by atoms with Crippen LogP contribution in [0.5, 0.6) is 0 Å². The van der Waals surface area contributed by atoms with E-state index >= 15 is 0 Å². The van der Waals surface area contributed by atoms with Crippen LogP contribution in [0.3, 0.4) is 0 Å². The highest BCUT2D eigenvalue weighted by Gasteiger charge is 2.37. The molecule has 0 atom stereocenters. The lowest BCUT2D eigenvalue weighted by Gasteiger charge is -2.28. The Bertz CT molecular complexity index is 751. The molecule has 3 nitrogen and oxygen atoms in total. The molecule has 6 heteroatoms. The van der Waals surface area contributed by atoms with E-state index in [1.165, 1.54) is 4.88 Å². The number of halogens is 1. The molecule has 23 heavy (non-hydrogen) atoms.